The second-order valence-corrected chi connectivity index (χ2v) is 7.37. The fraction of sp³-hybridized carbons (Fsp3) is 0.500. The Labute approximate surface area is 164 Å². The lowest BCUT2D eigenvalue weighted by molar-refractivity contribution is -0.137. The average molecular weight is 412 g/mol. The van der Waals surface area contributed by atoms with Gasteiger partial charge in [0.1, 0.15) is 18.5 Å². The second-order valence-electron chi connectivity index (χ2n) is 7.37. The van der Waals surface area contributed by atoms with Crippen molar-refractivity contribution in [1.29, 1.82) is 0 Å². The zero-order valence-electron chi connectivity index (χ0n) is 15.4. The Kier molecular flexibility index (Phi) is 5.15. The molecule has 0 aliphatic carbocycles. The summed E-state index contributed by atoms with van der Waals surface area (Å²) in [5, 5.41) is 10.7. The van der Waals surface area contributed by atoms with E-state index < -0.39 is 17.6 Å². The van der Waals surface area contributed by atoms with Crippen molar-refractivity contribution in [3.8, 4) is 0 Å². The molecule has 3 heterocycles. The number of halogens is 4. The predicted molar refractivity (Wildman–Crippen MR) is 94.2 cm³/mol. The van der Waals surface area contributed by atoms with Crippen LogP contribution in [-0.2, 0) is 12.7 Å². The van der Waals surface area contributed by atoms with Gasteiger partial charge in [-0.2, -0.15) is 13.2 Å². The van der Waals surface area contributed by atoms with Gasteiger partial charge in [0.2, 0.25) is 0 Å². The molecule has 2 aliphatic rings. The number of nitrogens with one attached hydrogen (secondary N) is 1. The van der Waals surface area contributed by atoms with Gasteiger partial charge in [-0.25, -0.2) is 9.18 Å². The molecule has 1 N–H and O–H groups in total. The van der Waals surface area contributed by atoms with Crippen LogP contribution in [0.5, 0.6) is 0 Å². The monoisotopic (exact) mass is 412 g/mol. The summed E-state index contributed by atoms with van der Waals surface area (Å²) >= 11 is 0. The van der Waals surface area contributed by atoms with Crippen LogP contribution in [0, 0.1) is 5.82 Å². The molecular weight excluding hydrogens is 392 g/mol. The van der Waals surface area contributed by atoms with E-state index in [0.29, 0.717) is 32.2 Å². The quantitative estimate of drug-likeness (QED) is 0.783. The normalized spacial score (nSPS) is 20.2. The Morgan fingerprint density at radius 3 is 2.52 bits per heavy atom. The molecular formula is C18H20F4N6O. The predicted octanol–water partition coefficient (Wildman–Crippen LogP) is 2.28. The van der Waals surface area contributed by atoms with Crippen molar-refractivity contribution >= 4 is 6.03 Å². The number of amides is 2. The summed E-state index contributed by atoms with van der Waals surface area (Å²) in [6.45, 7) is 2.33. The molecule has 156 valence electrons. The number of carbonyl (C=O) groups excluding carboxylic acids is 1. The molecule has 0 bridgehead atoms. The van der Waals surface area contributed by atoms with Gasteiger partial charge >= 0.3 is 12.2 Å². The molecule has 7 nitrogen and oxygen atoms in total. The first kappa shape index (κ1) is 19.6. The molecule has 2 aliphatic heterocycles. The fourth-order valence-corrected chi connectivity index (χ4v) is 3.64. The topological polar surface area (TPSA) is 66.3 Å². The number of hydrogen-bond donors (Lipinski definition) is 1. The Balaban J connectivity index is 1.23. The SMILES string of the molecule is O=C(N1CC(NCc2ccc(C(F)(F)F)cc2F)C1)N1CC[C@H](n2cnnc2)C1. The first-order valence-corrected chi connectivity index (χ1v) is 9.28. The molecule has 2 saturated heterocycles. The van der Waals surface area contributed by atoms with E-state index in [1.54, 1.807) is 22.5 Å². The molecule has 11 heteroatoms. The lowest BCUT2D eigenvalue weighted by Gasteiger charge is -2.41. The largest absolute Gasteiger partial charge is 0.416 e. The number of alkyl halides is 3. The van der Waals surface area contributed by atoms with Crippen LogP contribution in [0.1, 0.15) is 23.6 Å². The molecule has 1 aromatic heterocycles. The number of urea groups is 1. The first-order chi connectivity index (χ1) is 13.8. The van der Waals surface area contributed by atoms with Gasteiger partial charge in [-0.3, -0.25) is 0 Å². The highest BCUT2D eigenvalue weighted by molar-refractivity contribution is 5.75. The number of rotatable bonds is 4. The van der Waals surface area contributed by atoms with Gasteiger partial charge in [0.05, 0.1) is 11.6 Å². The van der Waals surface area contributed by atoms with E-state index in [4.69, 9.17) is 0 Å². The molecule has 4 rings (SSSR count). The molecule has 2 amide bonds. The van der Waals surface area contributed by atoms with Crippen molar-refractivity contribution in [1.82, 2.24) is 29.9 Å². The Morgan fingerprint density at radius 2 is 1.86 bits per heavy atom. The van der Waals surface area contributed by atoms with E-state index >= 15 is 0 Å². The van der Waals surface area contributed by atoms with Crippen LogP contribution in [-0.4, -0.2) is 62.8 Å². The van der Waals surface area contributed by atoms with Crippen LogP contribution in [0.3, 0.4) is 0 Å². The van der Waals surface area contributed by atoms with Crippen LogP contribution < -0.4 is 5.32 Å². The van der Waals surface area contributed by atoms with E-state index in [-0.39, 0.29) is 30.2 Å². The van der Waals surface area contributed by atoms with Gasteiger partial charge < -0.3 is 19.7 Å². The number of likely N-dealkylation sites (tertiary alicyclic amines) is 2. The molecule has 1 atom stereocenters. The molecule has 0 spiro atoms. The zero-order chi connectivity index (χ0) is 20.6. The highest BCUT2D eigenvalue weighted by atomic mass is 19.4. The molecule has 1 aromatic carbocycles. The van der Waals surface area contributed by atoms with Gasteiger partial charge in [-0.05, 0) is 18.6 Å². The average Bonchev–Trinajstić information content (AvgIpc) is 3.31. The van der Waals surface area contributed by atoms with Crippen LogP contribution in [0.4, 0.5) is 22.4 Å². The molecule has 0 saturated carbocycles. The van der Waals surface area contributed by atoms with Crippen molar-refractivity contribution in [3.05, 3.63) is 47.8 Å². The Morgan fingerprint density at radius 1 is 1.14 bits per heavy atom. The maximum atomic E-state index is 13.9. The van der Waals surface area contributed by atoms with Crippen LogP contribution in [0.15, 0.2) is 30.9 Å². The minimum absolute atomic E-state index is 0.0168. The van der Waals surface area contributed by atoms with Crippen molar-refractivity contribution in [2.24, 2.45) is 0 Å². The van der Waals surface area contributed by atoms with Crippen LogP contribution >= 0.6 is 0 Å². The van der Waals surface area contributed by atoms with Crippen molar-refractivity contribution in [3.63, 3.8) is 0 Å². The Hall–Kier alpha value is -2.69. The van der Waals surface area contributed by atoms with Crippen LogP contribution in [0.2, 0.25) is 0 Å². The van der Waals surface area contributed by atoms with Gasteiger partial charge in [0.15, 0.2) is 0 Å². The molecule has 2 fully saturated rings. The van der Waals surface area contributed by atoms with Gasteiger partial charge in [-0.15, -0.1) is 10.2 Å². The van der Waals surface area contributed by atoms with E-state index in [1.165, 1.54) is 0 Å². The minimum Gasteiger partial charge on any atom is -0.322 e. The summed E-state index contributed by atoms with van der Waals surface area (Å²) in [4.78, 5) is 16.1. The van der Waals surface area contributed by atoms with E-state index in [9.17, 15) is 22.4 Å². The van der Waals surface area contributed by atoms with E-state index in [1.807, 2.05) is 4.57 Å². The van der Waals surface area contributed by atoms with Crippen LogP contribution in [0.25, 0.3) is 0 Å². The number of hydrogen-bond acceptors (Lipinski definition) is 4. The van der Waals surface area contributed by atoms with Crippen molar-refractivity contribution < 1.29 is 22.4 Å². The molecule has 0 unspecified atom stereocenters. The molecule has 29 heavy (non-hydrogen) atoms. The third-order valence-corrected chi connectivity index (χ3v) is 5.41. The summed E-state index contributed by atoms with van der Waals surface area (Å²) in [6.07, 6.45) is -0.442. The van der Waals surface area contributed by atoms with Gasteiger partial charge in [0, 0.05) is 44.3 Å². The number of aromatic nitrogens is 3. The summed E-state index contributed by atoms with van der Waals surface area (Å²) < 4.78 is 53.6. The zero-order valence-corrected chi connectivity index (χ0v) is 15.4. The third kappa shape index (κ3) is 4.19. The number of carbonyl (C=O) groups is 1. The fourth-order valence-electron chi connectivity index (χ4n) is 3.64. The molecule has 2 aromatic rings. The third-order valence-electron chi connectivity index (χ3n) is 5.41. The molecule has 0 radical (unpaired) electrons. The lowest BCUT2D eigenvalue weighted by Crippen LogP contribution is -2.62. The summed E-state index contributed by atoms with van der Waals surface area (Å²) in [6, 6.07) is 2.63. The summed E-state index contributed by atoms with van der Waals surface area (Å²) in [5.41, 5.74) is -0.839. The Bertz CT molecular complexity index is 866. The van der Waals surface area contributed by atoms with Crippen molar-refractivity contribution in [2.45, 2.75) is 31.2 Å². The highest BCUT2D eigenvalue weighted by Crippen LogP contribution is 2.30. The number of benzene rings is 1. The van der Waals surface area contributed by atoms with Gasteiger partial charge in [0.25, 0.3) is 0 Å². The van der Waals surface area contributed by atoms with E-state index in [0.717, 1.165) is 18.6 Å². The summed E-state index contributed by atoms with van der Waals surface area (Å²) in [5.74, 6) is -0.892. The minimum atomic E-state index is -4.56. The highest BCUT2D eigenvalue weighted by Gasteiger charge is 2.36. The maximum Gasteiger partial charge on any atom is 0.416 e. The van der Waals surface area contributed by atoms with E-state index in [2.05, 4.69) is 15.5 Å². The standard InChI is InChI=1S/C18H20F4N6O/c19-16-5-13(18(20,21)22)2-1-12(16)6-23-14-7-27(8-14)17(29)26-4-3-15(9-26)28-10-24-25-11-28/h1-2,5,10-11,14-15,23H,3-4,6-9H2/t15-/m0/s1. The number of nitrogens with zero attached hydrogens (tertiary/aromatic N) is 5. The first-order valence-electron chi connectivity index (χ1n) is 9.28. The lowest BCUT2D eigenvalue weighted by atomic mass is 10.1. The maximum absolute atomic E-state index is 13.9. The van der Waals surface area contributed by atoms with Gasteiger partial charge in [-0.1, -0.05) is 6.07 Å². The second kappa shape index (κ2) is 7.62. The van der Waals surface area contributed by atoms with Crippen molar-refractivity contribution in [2.75, 3.05) is 26.2 Å². The summed E-state index contributed by atoms with van der Waals surface area (Å²) in [7, 11) is 0. The smallest absolute Gasteiger partial charge is 0.322 e.